The number of benzene rings is 2. The molecule has 0 aliphatic heterocycles. The smallest absolute Gasteiger partial charge is 0.305 e. The van der Waals surface area contributed by atoms with Crippen molar-refractivity contribution >= 4 is 11.9 Å². The van der Waals surface area contributed by atoms with Crippen LogP contribution in [0.1, 0.15) is 72.2 Å². The second kappa shape index (κ2) is 14.1. The van der Waals surface area contributed by atoms with Gasteiger partial charge in [0.1, 0.15) is 17.7 Å². The molecule has 0 aliphatic carbocycles. The second-order valence-electron chi connectivity index (χ2n) is 12.2. The first kappa shape index (κ1) is 33.6. The number of hydrogen-bond acceptors (Lipinski definition) is 4. The molecule has 3 rings (SSSR count). The molecule has 1 heterocycles. The van der Waals surface area contributed by atoms with E-state index in [0.717, 1.165) is 17.7 Å². The van der Waals surface area contributed by atoms with Crippen molar-refractivity contribution in [1.29, 1.82) is 0 Å². The Labute approximate surface area is 252 Å². The molecule has 0 bridgehead atoms. The molecule has 9 heteroatoms. The molecule has 0 aliphatic rings. The third-order valence-corrected chi connectivity index (χ3v) is 7.70. The Bertz CT molecular complexity index is 1540. The number of aliphatic carboxylic acids is 1. The molecule has 2 N–H and O–H groups in total. The second-order valence-corrected chi connectivity index (χ2v) is 12.2. The maximum atomic E-state index is 15.7. The zero-order valence-electron chi connectivity index (χ0n) is 26.3. The monoisotopic (exact) mass is 595 g/mol. The van der Waals surface area contributed by atoms with Crippen molar-refractivity contribution < 1.29 is 23.5 Å². The van der Waals surface area contributed by atoms with E-state index >= 15 is 4.39 Å². The van der Waals surface area contributed by atoms with Crippen molar-refractivity contribution in [1.82, 2.24) is 14.8 Å². The zero-order valence-corrected chi connectivity index (χ0v) is 26.3. The van der Waals surface area contributed by atoms with Crippen LogP contribution in [0.4, 0.5) is 8.78 Å². The molecule has 2 aromatic carbocycles. The number of halogens is 2. The number of pyridine rings is 1. The van der Waals surface area contributed by atoms with Crippen LogP contribution < -0.4 is 10.9 Å². The number of carboxylic acids is 1. The number of aromatic nitrogens is 1. The molecule has 2 atom stereocenters. The van der Waals surface area contributed by atoms with Gasteiger partial charge in [-0.1, -0.05) is 13.8 Å². The van der Waals surface area contributed by atoms with Crippen LogP contribution in [0.25, 0.3) is 11.1 Å². The van der Waals surface area contributed by atoms with Gasteiger partial charge in [-0.15, -0.1) is 0 Å². The topological polar surface area (TPSA) is 91.6 Å². The minimum absolute atomic E-state index is 0.0140. The predicted molar refractivity (Wildman–Crippen MR) is 165 cm³/mol. The molecule has 232 valence electrons. The summed E-state index contributed by atoms with van der Waals surface area (Å²) in [6.45, 7) is 11.6. The Hall–Kier alpha value is -3.85. The molecule has 43 heavy (non-hydrogen) atoms. The number of carbonyl (C=O) groups excluding carboxylic acids is 1. The van der Waals surface area contributed by atoms with E-state index in [1.165, 1.54) is 28.8 Å². The van der Waals surface area contributed by atoms with Crippen molar-refractivity contribution in [3.05, 3.63) is 91.9 Å². The van der Waals surface area contributed by atoms with Gasteiger partial charge < -0.3 is 19.9 Å². The Kier molecular flexibility index (Phi) is 11.0. The Morgan fingerprint density at radius 1 is 0.953 bits per heavy atom. The molecule has 0 fully saturated rings. The summed E-state index contributed by atoms with van der Waals surface area (Å²) in [7, 11) is 3.91. The summed E-state index contributed by atoms with van der Waals surface area (Å²) < 4.78 is 31.1. The SMILES string of the molecule is Cc1cc(=O)n(C(CC(C)C)C(=O)NC(CC(=O)O)c2cc(-c3c(C)cc(F)cc3C)cc(C)c2F)cc1CCN(C)C. The fourth-order valence-corrected chi connectivity index (χ4v) is 5.57. The molecule has 1 aromatic heterocycles. The number of rotatable bonds is 12. The molecule has 1 amide bonds. The fraction of sp³-hybridized carbons (Fsp3) is 0.441. The average Bonchev–Trinajstić information content (AvgIpc) is 2.87. The van der Waals surface area contributed by atoms with E-state index in [0.29, 0.717) is 35.1 Å². The van der Waals surface area contributed by atoms with Crippen LogP contribution in [-0.4, -0.2) is 47.1 Å². The van der Waals surface area contributed by atoms with Gasteiger partial charge >= 0.3 is 5.97 Å². The maximum absolute atomic E-state index is 15.7. The summed E-state index contributed by atoms with van der Waals surface area (Å²) >= 11 is 0. The summed E-state index contributed by atoms with van der Waals surface area (Å²) in [4.78, 5) is 41.1. The highest BCUT2D eigenvalue weighted by Crippen LogP contribution is 2.34. The largest absolute Gasteiger partial charge is 0.481 e. The number of nitrogens with one attached hydrogen (secondary N) is 1. The van der Waals surface area contributed by atoms with Crippen LogP contribution in [0, 0.1) is 45.2 Å². The lowest BCUT2D eigenvalue weighted by Crippen LogP contribution is -2.40. The average molecular weight is 596 g/mol. The van der Waals surface area contributed by atoms with Crippen molar-refractivity contribution in [2.75, 3.05) is 20.6 Å². The molecule has 0 saturated carbocycles. The Morgan fingerprint density at radius 2 is 1.58 bits per heavy atom. The highest BCUT2D eigenvalue weighted by Gasteiger charge is 2.29. The number of carboxylic acid groups (broad SMARTS) is 1. The predicted octanol–water partition coefficient (Wildman–Crippen LogP) is 6.05. The summed E-state index contributed by atoms with van der Waals surface area (Å²) in [5, 5.41) is 12.5. The van der Waals surface area contributed by atoms with Gasteiger partial charge in [-0.3, -0.25) is 14.4 Å². The van der Waals surface area contributed by atoms with Gasteiger partial charge in [0.2, 0.25) is 5.91 Å². The highest BCUT2D eigenvalue weighted by molar-refractivity contribution is 5.82. The minimum Gasteiger partial charge on any atom is -0.481 e. The van der Waals surface area contributed by atoms with Crippen LogP contribution in [0.2, 0.25) is 0 Å². The van der Waals surface area contributed by atoms with Crippen LogP contribution in [0.5, 0.6) is 0 Å². The van der Waals surface area contributed by atoms with Crippen molar-refractivity contribution in [3.8, 4) is 11.1 Å². The molecule has 7 nitrogen and oxygen atoms in total. The number of amides is 1. The van der Waals surface area contributed by atoms with Gasteiger partial charge in [-0.05, 0) is 124 Å². The lowest BCUT2D eigenvalue weighted by atomic mass is 9.90. The van der Waals surface area contributed by atoms with Gasteiger partial charge in [0.15, 0.2) is 0 Å². The molecular formula is C34H43F2N3O4. The van der Waals surface area contributed by atoms with E-state index in [1.54, 1.807) is 33.0 Å². The molecule has 0 spiro atoms. The van der Waals surface area contributed by atoms with E-state index in [2.05, 4.69) is 5.32 Å². The first-order valence-electron chi connectivity index (χ1n) is 14.5. The van der Waals surface area contributed by atoms with E-state index in [4.69, 9.17) is 0 Å². The van der Waals surface area contributed by atoms with E-state index in [-0.39, 0.29) is 28.4 Å². The van der Waals surface area contributed by atoms with Crippen LogP contribution in [-0.2, 0) is 16.0 Å². The van der Waals surface area contributed by atoms with Crippen LogP contribution in [0.15, 0.2) is 41.3 Å². The number of likely N-dealkylation sites (N-methyl/N-ethyl adjacent to an activating group) is 1. The van der Waals surface area contributed by atoms with Crippen LogP contribution >= 0.6 is 0 Å². The minimum atomic E-state index is -1.22. The van der Waals surface area contributed by atoms with E-state index in [9.17, 15) is 23.9 Å². The summed E-state index contributed by atoms with van der Waals surface area (Å²) in [6, 6.07) is 5.30. The summed E-state index contributed by atoms with van der Waals surface area (Å²) in [6.07, 6.45) is 2.14. The van der Waals surface area contributed by atoms with Gasteiger partial charge in [0.05, 0.1) is 12.5 Å². The normalized spacial score (nSPS) is 12.9. The lowest BCUT2D eigenvalue weighted by Gasteiger charge is -2.26. The molecule has 3 aromatic rings. The van der Waals surface area contributed by atoms with Crippen molar-refractivity contribution in [3.63, 3.8) is 0 Å². The molecule has 2 unspecified atom stereocenters. The summed E-state index contributed by atoms with van der Waals surface area (Å²) in [5.41, 5.74) is 4.29. The van der Waals surface area contributed by atoms with Gasteiger partial charge in [0, 0.05) is 24.4 Å². The molecule has 0 radical (unpaired) electrons. The Balaban J connectivity index is 2.10. The standard InChI is InChI=1S/C34H43F2N3O4/c1-19(2)11-29(39-18-24(9-10-38(7)8)20(3)15-30(39)40)34(43)37-28(17-31(41)42)27-16-25(12-23(6)33(27)36)32-21(4)13-26(35)14-22(32)5/h12-16,18-19,28-29H,9-11,17H2,1-8H3,(H,37,43)(H,41,42). The zero-order chi connectivity index (χ0) is 32.2. The van der Waals surface area contributed by atoms with Crippen molar-refractivity contribution in [2.45, 2.75) is 72.9 Å². The third kappa shape index (κ3) is 8.38. The van der Waals surface area contributed by atoms with E-state index in [1.807, 2.05) is 39.8 Å². The number of nitrogens with zero attached hydrogens (tertiary/aromatic N) is 2. The number of carbonyl (C=O) groups is 2. The Morgan fingerprint density at radius 3 is 2.14 bits per heavy atom. The first-order chi connectivity index (χ1) is 20.1. The quantitative estimate of drug-likeness (QED) is 0.266. The van der Waals surface area contributed by atoms with Gasteiger partial charge in [-0.2, -0.15) is 0 Å². The lowest BCUT2D eigenvalue weighted by molar-refractivity contribution is -0.138. The maximum Gasteiger partial charge on any atom is 0.305 e. The van der Waals surface area contributed by atoms with Gasteiger partial charge in [0.25, 0.3) is 5.56 Å². The van der Waals surface area contributed by atoms with E-state index < -0.39 is 36.2 Å². The summed E-state index contributed by atoms with van der Waals surface area (Å²) in [5.74, 6) is -2.78. The number of aryl methyl sites for hydroxylation is 4. The molecular weight excluding hydrogens is 552 g/mol. The first-order valence-corrected chi connectivity index (χ1v) is 14.5. The molecule has 0 saturated heterocycles. The fourth-order valence-electron chi connectivity index (χ4n) is 5.57. The van der Waals surface area contributed by atoms with Crippen molar-refractivity contribution in [2.24, 2.45) is 5.92 Å². The highest BCUT2D eigenvalue weighted by atomic mass is 19.1. The third-order valence-electron chi connectivity index (χ3n) is 7.70. The van der Waals surface area contributed by atoms with Gasteiger partial charge in [-0.25, -0.2) is 8.78 Å². The number of hydrogen-bond donors (Lipinski definition) is 2. The van der Waals surface area contributed by atoms with Crippen LogP contribution in [0.3, 0.4) is 0 Å².